The van der Waals surface area contributed by atoms with Gasteiger partial charge >= 0.3 is 0 Å². The van der Waals surface area contributed by atoms with Gasteiger partial charge in [0.15, 0.2) is 0 Å². The highest BCUT2D eigenvalue weighted by Crippen LogP contribution is 2.30. The molecule has 0 radical (unpaired) electrons. The van der Waals surface area contributed by atoms with Crippen LogP contribution in [0.5, 0.6) is 0 Å². The smallest absolute Gasteiger partial charge is 0.0592 e. The van der Waals surface area contributed by atoms with E-state index >= 15 is 0 Å². The minimum Gasteiger partial charge on any atom is -0.370 e. The molecule has 4 heteroatoms. The quantitative estimate of drug-likeness (QED) is 0.772. The van der Waals surface area contributed by atoms with Gasteiger partial charge in [-0.25, -0.2) is 0 Å². The van der Waals surface area contributed by atoms with Crippen LogP contribution in [0.3, 0.4) is 0 Å². The van der Waals surface area contributed by atoms with Crippen molar-refractivity contribution < 1.29 is 0 Å². The lowest BCUT2D eigenvalue weighted by Gasteiger charge is -2.34. The molecule has 2 rings (SSSR count). The molecule has 0 spiro atoms. The molecule has 2 nitrogen and oxygen atoms in total. The third kappa shape index (κ3) is 2.98. The lowest BCUT2D eigenvalue weighted by Crippen LogP contribution is -2.35. The normalized spacial score (nSPS) is 21.1. The van der Waals surface area contributed by atoms with Gasteiger partial charge in [-0.15, -0.1) is 0 Å². The maximum atomic E-state index is 4.11. The summed E-state index contributed by atoms with van der Waals surface area (Å²) < 4.78 is 1.11. The summed E-state index contributed by atoms with van der Waals surface area (Å²) in [6.07, 6.45) is 7.69. The van der Waals surface area contributed by atoms with E-state index in [1.807, 2.05) is 12.4 Å². The van der Waals surface area contributed by atoms with Crippen LogP contribution in [0.2, 0.25) is 0 Å². The Morgan fingerprint density at radius 1 is 1.50 bits per heavy atom. The maximum absolute atomic E-state index is 4.11. The summed E-state index contributed by atoms with van der Waals surface area (Å²) in [5.74, 6) is 0.827. The Morgan fingerprint density at radius 3 is 3.12 bits per heavy atom. The maximum Gasteiger partial charge on any atom is 0.0592 e. The Morgan fingerprint density at radius 2 is 2.38 bits per heavy atom. The van der Waals surface area contributed by atoms with Crippen LogP contribution in [0.25, 0.3) is 0 Å². The summed E-state index contributed by atoms with van der Waals surface area (Å²) in [5.41, 5.74) is 1.29. The highest BCUT2D eigenvalue weighted by atomic mass is 79.9. The van der Waals surface area contributed by atoms with Crippen LogP contribution in [-0.2, 0) is 0 Å². The second-order valence-electron chi connectivity index (χ2n) is 4.26. The number of aromatic nitrogens is 1. The van der Waals surface area contributed by atoms with Gasteiger partial charge < -0.3 is 4.90 Å². The molecular formula is C12H16Br2N2. The van der Waals surface area contributed by atoms with Gasteiger partial charge in [0.1, 0.15) is 0 Å². The summed E-state index contributed by atoms with van der Waals surface area (Å²) in [6, 6.07) is 2.10. The van der Waals surface area contributed by atoms with Gasteiger partial charge in [0.2, 0.25) is 0 Å². The van der Waals surface area contributed by atoms with E-state index in [2.05, 4.69) is 47.8 Å². The fourth-order valence-electron chi connectivity index (χ4n) is 2.30. The van der Waals surface area contributed by atoms with Crippen molar-refractivity contribution in [3.8, 4) is 0 Å². The largest absolute Gasteiger partial charge is 0.370 e. The first kappa shape index (κ1) is 12.4. The van der Waals surface area contributed by atoms with Crippen molar-refractivity contribution in [1.82, 2.24) is 4.98 Å². The Hall–Kier alpha value is -0.0900. The molecule has 1 fully saturated rings. The van der Waals surface area contributed by atoms with Gasteiger partial charge in [0, 0.05) is 30.8 Å². The Balaban J connectivity index is 2.07. The Bertz CT molecular complexity index is 342. The summed E-state index contributed by atoms with van der Waals surface area (Å²) in [4.78, 5) is 6.59. The van der Waals surface area contributed by atoms with Crippen LogP contribution < -0.4 is 4.90 Å². The fourth-order valence-corrected chi connectivity index (χ4v) is 3.45. The van der Waals surface area contributed by atoms with Gasteiger partial charge in [-0.3, -0.25) is 4.98 Å². The van der Waals surface area contributed by atoms with Crippen molar-refractivity contribution in [2.45, 2.75) is 19.3 Å². The van der Waals surface area contributed by atoms with E-state index in [-0.39, 0.29) is 0 Å². The van der Waals surface area contributed by atoms with E-state index in [0.717, 1.165) is 15.7 Å². The molecule has 1 aliphatic rings. The summed E-state index contributed by atoms with van der Waals surface area (Å²) in [5, 5.41) is 1.11. The second-order valence-corrected chi connectivity index (χ2v) is 5.91. The average Bonchev–Trinajstić information content (AvgIpc) is 2.30. The average molecular weight is 348 g/mol. The van der Waals surface area contributed by atoms with E-state index in [1.165, 1.54) is 38.0 Å². The Kier molecular flexibility index (Phi) is 4.65. The van der Waals surface area contributed by atoms with E-state index < -0.39 is 0 Å². The number of anilines is 1. The molecule has 2 heterocycles. The molecular weight excluding hydrogens is 332 g/mol. The topological polar surface area (TPSA) is 16.1 Å². The number of nitrogens with zero attached hydrogens (tertiary/aromatic N) is 2. The zero-order valence-electron chi connectivity index (χ0n) is 9.20. The van der Waals surface area contributed by atoms with Gasteiger partial charge in [0.25, 0.3) is 0 Å². The van der Waals surface area contributed by atoms with Gasteiger partial charge in [-0.2, -0.15) is 0 Å². The van der Waals surface area contributed by atoms with Crippen molar-refractivity contribution in [3.63, 3.8) is 0 Å². The van der Waals surface area contributed by atoms with Crippen LogP contribution in [0, 0.1) is 5.92 Å². The molecule has 0 aliphatic carbocycles. The first-order valence-corrected chi connectivity index (χ1v) is 7.63. The van der Waals surface area contributed by atoms with Crippen LogP contribution in [0.1, 0.15) is 19.3 Å². The number of hydrogen-bond acceptors (Lipinski definition) is 2. The zero-order chi connectivity index (χ0) is 11.4. The van der Waals surface area contributed by atoms with Crippen LogP contribution in [-0.4, -0.2) is 23.4 Å². The number of pyridine rings is 1. The molecule has 0 aromatic carbocycles. The molecule has 1 unspecified atom stereocenters. The predicted octanol–water partition coefficient (Wildman–Crippen LogP) is 3.85. The number of rotatable bonds is 3. The number of hydrogen-bond donors (Lipinski definition) is 0. The third-order valence-corrected chi connectivity index (χ3v) is 4.20. The zero-order valence-corrected chi connectivity index (χ0v) is 12.4. The van der Waals surface area contributed by atoms with E-state index in [0.29, 0.717) is 0 Å². The Labute approximate surface area is 114 Å². The molecule has 1 aromatic rings. The summed E-state index contributed by atoms with van der Waals surface area (Å²) in [6.45, 7) is 2.34. The first-order valence-electron chi connectivity index (χ1n) is 5.71. The monoisotopic (exact) mass is 346 g/mol. The molecule has 1 aromatic heterocycles. The van der Waals surface area contributed by atoms with Gasteiger partial charge in [0.05, 0.1) is 10.2 Å². The van der Waals surface area contributed by atoms with E-state index in [4.69, 9.17) is 0 Å². The first-order chi connectivity index (χ1) is 7.81. The summed E-state index contributed by atoms with van der Waals surface area (Å²) >= 11 is 7.12. The molecule has 16 heavy (non-hydrogen) atoms. The molecule has 0 bridgehead atoms. The minimum absolute atomic E-state index is 0.827. The molecule has 0 amide bonds. The van der Waals surface area contributed by atoms with Crippen molar-refractivity contribution in [2.75, 3.05) is 23.3 Å². The molecule has 0 N–H and O–H groups in total. The highest BCUT2D eigenvalue weighted by Gasteiger charge is 2.20. The number of alkyl halides is 1. The third-order valence-electron chi connectivity index (χ3n) is 3.13. The lowest BCUT2D eigenvalue weighted by molar-refractivity contribution is 0.407. The van der Waals surface area contributed by atoms with E-state index in [1.54, 1.807) is 0 Å². The van der Waals surface area contributed by atoms with Crippen LogP contribution in [0.15, 0.2) is 22.9 Å². The lowest BCUT2D eigenvalue weighted by atomic mass is 9.95. The minimum atomic E-state index is 0.827. The number of halogens is 2. The number of piperidine rings is 1. The molecule has 1 atom stereocenters. The predicted molar refractivity (Wildman–Crippen MR) is 75.3 cm³/mol. The van der Waals surface area contributed by atoms with Crippen molar-refractivity contribution in [1.29, 1.82) is 0 Å². The van der Waals surface area contributed by atoms with Crippen LogP contribution >= 0.6 is 31.9 Å². The fraction of sp³-hybridized carbons (Fsp3) is 0.583. The summed E-state index contributed by atoms with van der Waals surface area (Å²) in [7, 11) is 0. The van der Waals surface area contributed by atoms with Crippen molar-refractivity contribution >= 4 is 37.5 Å². The molecule has 1 saturated heterocycles. The van der Waals surface area contributed by atoms with Crippen LogP contribution in [0.4, 0.5) is 5.69 Å². The van der Waals surface area contributed by atoms with Gasteiger partial charge in [-0.05, 0) is 47.2 Å². The molecule has 88 valence electrons. The highest BCUT2D eigenvalue weighted by molar-refractivity contribution is 9.10. The molecule has 1 aliphatic heterocycles. The SMILES string of the molecule is BrCCC1CCCN(c2ccncc2Br)C1. The van der Waals surface area contributed by atoms with Crippen molar-refractivity contribution in [2.24, 2.45) is 5.92 Å². The second kappa shape index (κ2) is 6.01. The standard InChI is InChI=1S/C12H16Br2N2/c13-5-3-10-2-1-7-16(9-10)12-4-6-15-8-11(12)14/h4,6,8,10H,1-3,5,7,9H2. The van der Waals surface area contributed by atoms with Gasteiger partial charge in [-0.1, -0.05) is 15.9 Å². The van der Waals surface area contributed by atoms with Crippen molar-refractivity contribution in [3.05, 3.63) is 22.9 Å². The van der Waals surface area contributed by atoms with E-state index in [9.17, 15) is 0 Å². The molecule has 0 saturated carbocycles.